The van der Waals surface area contributed by atoms with Crippen LogP contribution >= 0.6 is 39.1 Å². The van der Waals surface area contributed by atoms with Crippen molar-refractivity contribution in [3.8, 4) is 5.75 Å². The quantitative estimate of drug-likeness (QED) is 0.276. The first-order valence-electron chi connectivity index (χ1n) is 12.3. The summed E-state index contributed by atoms with van der Waals surface area (Å²) in [6, 6.07) is 21.8. The van der Waals surface area contributed by atoms with Crippen molar-refractivity contribution in [1.82, 2.24) is 10.2 Å². The van der Waals surface area contributed by atoms with Gasteiger partial charge in [-0.25, -0.2) is 0 Å². The molecule has 3 aromatic carbocycles. The second kappa shape index (κ2) is 13.3. The van der Waals surface area contributed by atoms with Crippen molar-refractivity contribution >= 4 is 50.9 Å². The molecular formula is C29H29BrCl2N2O3. The zero-order valence-corrected chi connectivity index (χ0v) is 23.4. The van der Waals surface area contributed by atoms with Gasteiger partial charge >= 0.3 is 0 Å². The van der Waals surface area contributed by atoms with Crippen LogP contribution in [0.5, 0.6) is 5.75 Å². The summed E-state index contributed by atoms with van der Waals surface area (Å²) < 4.78 is 6.69. The Morgan fingerprint density at radius 1 is 0.973 bits per heavy atom. The Hall–Kier alpha value is -2.54. The Balaban J connectivity index is 1.62. The second-order valence-corrected chi connectivity index (χ2v) is 11.0. The van der Waals surface area contributed by atoms with Crippen molar-refractivity contribution in [3.63, 3.8) is 0 Å². The monoisotopic (exact) mass is 602 g/mol. The molecule has 1 fully saturated rings. The molecule has 1 N–H and O–H groups in total. The van der Waals surface area contributed by atoms with Gasteiger partial charge in [-0.2, -0.15) is 0 Å². The van der Waals surface area contributed by atoms with Gasteiger partial charge in [-0.15, -0.1) is 0 Å². The summed E-state index contributed by atoms with van der Waals surface area (Å²) in [5.41, 5.74) is 1.88. The molecule has 0 bridgehead atoms. The van der Waals surface area contributed by atoms with Crippen LogP contribution in [0, 0.1) is 0 Å². The van der Waals surface area contributed by atoms with Crippen LogP contribution in [0.25, 0.3) is 0 Å². The zero-order chi connectivity index (χ0) is 26.2. The third-order valence-electron chi connectivity index (χ3n) is 6.46. The average Bonchev–Trinajstić information content (AvgIpc) is 3.39. The maximum absolute atomic E-state index is 13.7. The Morgan fingerprint density at radius 3 is 2.41 bits per heavy atom. The van der Waals surface area contributed by atoms with E-state index in [1.165, 1.54) is 0 Å². The van der Waals surface area contributed by atoms with Gasteiger partial charge in [0.25, 0.3) is 5.91 Å². The maximum Gasteiger partial charge on any atom is 0.261 e. The van der Waals surface area contributed by atoms with E-state index in [2.05, 4.69) is 21.2 Å². The number of nitrogens with zero attached hydrogens (tertiary/aromatic N) is 1. The Bertz CT molecular complexity index is 1220. The smallest absolute Gasteiger partial charge is 0.261 e. The first-order valence-corrected chi connectivity index (χ1v) is 13.9. The van der Waals surface area contributed by atoms with Crippen LogP contribution in [0.15, 0.2) is 77.3 Å². The average molecular weight is 604 g/mol. The van der Waals surface area contributed by atoms with E-state index in [9.17, 15) is 9.59 Å². The van der Waals surface area contributed by atoms with E-state index >= 15 is 0 Å². The minimum atomic E-state index is -0.709. The Kier molecular flexibility index (Phi) is 9.89. The van der Waals surface area contributed by atoms with Crippen molar-refractivity contribution < 1.29 is 14.3 Å². The highest BCUT2D eigenvalue weighted by Crippen LogP contribution is 2.28. The summed E-state index contributed by atoms with van der Waals surface area (Å²) in [5, 5.41) is 4.00. The molecule has 0 spiro atoms. The standard InChI is InChI=1S/C29H29BrCl2N2O3/c30-22-10-6-9-21(15-22)18-34(28(35)19-37-27-14-13-23(31)17-25(27)32)26(16-20-7-2-1-3-8-20)29(36)33-24-11-4-5-12-24/h1-3,6-10,13-15,17,24,26H,4-5,11-12,16,18-19H2,(H,33,36)/t26-/m1/s1. The molecule has 1 saturated carbocycles. The summed E-state index contributed by atoms with van der Waals surface area (Å²) in [7, 11) is 0. The van der Waals surface area contributed by atoms with Gasteiger partial charge in [-0.1, -0.05) is 94.4 Å². The van der Waals surface area contributed by atoms with E-state index in [0.29, 0.717) is 22.2 Å². The lowest BCUT2D eigenvalue weighted by atomic mass is 10.0. The number of amides is 2. The summed E-state index contributed by atoms with van der Waals surface area (Å²) in [4.78, 5) is 29.0. The van der Waals surface area contributed by atoms with Gasteiger partial charge < -0.3 is 15.0 Å². The molecule has 0 aromatic heterocycles. The van der Waals surface area contributed by atoms with E-state index < -0.39 is 6.04 Å². The maximum atomic E-state index is 13.7. The molecule has 0 heterocycles. The molecule has 4 rings (SSSR count). The molecule has 1 aliphatic rings. The lowest BCUT2D eigenvalue weighted by molar-refractivity contribution is -0.143. The molecule has 2 amide bonds. The molecule has 1 aliphatic carbocycles. The van der Waals surface area contributed by atoms with Crippen LogP contribution in [0.2, 0.25) is 10.0 Å². The topological polar surface area (TPSA) is 58.6 Å². The van der Waals surface area contributed by atoms with Crippen molar-refractivity contribution in [3.05, 3.63) is 98.4 Å². The van der Waals surface area contributed by atoms with Crippen LogP contribution in [0.3, 0.4) is 0 Å². The molecule has 0 unspecified atom stereocenters. The Morgan fingerprint density at radius 2 is 1.70 bits per heavy atom. The third kappa shape index (κ3) is 7.97. The minimum absolute atomic E-state index is 0.137. The number of hydrogen-bond acceptors (Lipinski definition) is 3. The molecule has 0 radical (unpaired) electrons. The molecule has 3 aromatic rings. The van der Waals surface area contributed by atoms with E-state index in [1.807, 2.05) is 54.6 Å². The lowest BCUT2D eigenvalue weighted by Crippen LogP contribution is -2.53. The van der Waals surface area contributed by atoms with Gasteiger partial charge in [0, 0.05) is 28.5 Å². The zero-order valence-electron chi connectivity index (χ0n) is 20.3. The normalized spacial score (nSPS) is 14.2. The first kappa shape index (κ1) is 27.5. The highest BCUT2D eigenvalue weighted by molar-refractivity contribution is 9.10. The molecule has 0 aliphatic heterocycles. The number of hydrogen-bond donors (Lipinski definition) is 1. The number of rotatable bonds is 10. The molecular weight excluding hydrogens is 575 g/mol. The van der Waals surface area contributed by atoms with Gasteiger partial charge in [0.15, 0.2) is 6.61 Å². The second-order valence-electron chi connectivity index (χ2n) is 9.21. The van der Waals surface area contributed by atoms with Crippen LogP contribution < -0.4 is 10.1 Å². The van der Waals surface area contributed by atoms with E-state index in [-0.39, 0.29) is 31.0 Å². The van der Waals surface area contributed by atoms with E-state index in [1.54, 1.807) is 23.1 Å². The van der Waals surface area contributed by atoms with Crippen molar-refractivity contribution in [2.24, 2.45) is 0 Å². The molecule has 5 nitrogen and oxygen atoms in total. The summed E-state index contributed by atoms with van der Waals surface area (Å²) in [6.07, 6.45) is 4.51. The summed E-state index contributed by atoms with van der Waals surface area (Å²) in [5.74, 6) is -0.103. The van der Waals surface area contributed by atoms with Crippen LogP contribution in [0.4, 0.5) is 0 Å². The van der Waals surface area contributed by atoms with Gasteiger partial charge in [-0.3, -0.25) is 9.59 Å². The SMILES string of the molecule is O=C(NC1CCCC1)[C@@H](Cc1ccccc1)N(Cc1cccc(Br)c1)C(=O)COc1ccc(Cl)cc1Cl. The molecule has 194 valence electrons. The number of benzene rings is 3. The fraction of sp³-hybridized carbons (Fsp3) is 0.310. The number of ether oxygens (including phenoxy) is 1. The van der Waals surface area contributed by atoms with Crippen LogP contribution in [0.1, 0.15) is 36.8 Å². The van der Waals surface area contributed by atoms with Crippen molar-refractivity contribution in [2.45, 2.75) is 50.7 Å². The number of nitrogens with one attached hydrogen (secondary N) is 1. The Labute approximate surface area is 236 Å². The number of halogens is 3. The predicted octanol–water partition coefficient (Wildman–Crippen LogP) is 6.83. The van der Waals surface area contributed by atoms with Gasteiger partial charge in [0.05, 0.1) is 5.02 Å². The van der Waals surface area contributed by atoms with Gasteiger partial charge in [0.1, 0.15) is 11.8 Å². The molecule has 8 heteroatoms. The lowest BCUT2D eigenvalue weighted by Gasteiger charge is -2.32. The molecule has 0 saturated heterocycles. The third-order valence-corrected chi connectivity index (χ3v) is 7.48. The predicted molar refractivity (Wildman–Crippen MR) is 151 cm³/mol. The minimum Gasteiger partial charge on any atom is -0.482 e. The van der Waals surface area contributed by atoms with E-state index in [0.717, 1.165) is 41.3 Å². The largest absolute Gasteiger partial charge is 0.482 e. The fourth-order valence-corrected chi connectivity index (χ4v) is 5.48. The van der Waals surface area contributed by atoms with Crippen molar-refractivity contribution in [2.75, 3.05) is 6.61 Å². The van der Waals surface area contributed by atoms with Crippen molar-refractivity contribution in [1.29, 1.82) is 0 Å². The summed E-state index contributed by atoms with van der Waals surface area (Å²) in [6.45, 7) is -0.0110. The van der Waals surface area contributed by atoms with Gasteiger partial charge in [-0.05, 0) is 54.3 Å². The number of carbonyl (C=O) groups excluding carboxylic acids is 2. The molecule has 1 atom stereocenters. The fourth-order valence-electron chi connectivity index (χ4n) is 4.57. The van der Waals surface area contributed by atoms with Gasteiger partial charge in [0.2, 0.25) is 5.91 Å². The highest BCUT2D eigenvalue weighted by Gasteiger charge is 2.32. The summed E-state index contributed by atoms with van der Waals surface area (Å²) >= 11 is 15.8. The van der Waals surface area contributed by atoms with Crippen LogP contribution in [-0.2, 0) is 22.6 Å². The molecule has 37 heavy (non-hydrogen) atoms. The van der Waals surface area contributed by atoms with E-state index in [4.69, 9.17) is 27.9 Å². The number of carbonyl (C=O) groups is 2. The highest BCUT2D eigenvalue weighted by atomic mass is 79.9. The van der Waals surface area contributed by atoms with Crippen LogP contribution in [-0.4, -0.2) is 35.4 Å². The first-order chi connectivity index (χ1) is 17.9.